The summed E-state index contributed by atoms with van der Waals surface area (Å²) in [5.41, 5.74) is 3.65. The largest absolute Gasteiger partial charge is 0.496 e. The molecule has 4 aromatic rings. The summed E-state index contributed by atoms with van der Waals surface area (Å²) in [4.78, 5) is 30.9. The number of carbonyl (C=O) groups excluding carboxylic acids is 1. The summed E-state index contributed by atoms with van der Waals surface area (Å²) < 4.78 is 24.6. The number of hydrogen-bond acceptors (Lipinski definition) is 8. The molecule has 0 spiro atoms. The SMILES string of the molecule is CCOC(=O)[C@@H](C)Oc1c(I)cc(C=Nn2c(-c3cc(C(C)C)c(OC)cc3C)nc3ccccc3c2=O)cc1OCC. The standard InChI is InChI=1S/C33H36IN3O6/c1-8-41-29-16-22(15-26(34)30(29)43-21(6)33(39)42-9-2)18-35-37-31(36-27-13-11-10-12-23(27)32(37)38)25-17-24(19(3)4)28(40-7)14-20(25)5/h10-19,21H,8-9H2,1-7H3/t21-/m1/s1. The fourth-order valence-corrected chi connectivity index (χ4v) is 5.37. The van der Waals surface area contributed by atoms with E-state index in [2.05, 4.69) is 41.5 Å². The van der Waals surface area contributed by atoms with Gasteiger partial charge >= 0.3 is 5.97 Å². The van der Waals surface area contributed by atoms with E-state index < -0.39 is 12.1 Å². The Bertz CT molecular complexity index is 1730. The molecule has 0 saturated heterocycles. The molecular weight excluding hydrogens is 661 g/mol. The molecule has 43 heavy (non-hydrogen) atoms. The van der Waals surface area contributed by atoms with Crippen molar-refractivity contribution in [3.63, 3.8) is 0 Å². The summed E-state index contributed by atoms with van der Waals surface area (Å²) in [6, 6.07) is 14.8. The number of benzene rings is 3. The molecule has 1 atom stereocenters. The van der Waals surface area contributed by atoms with Crippen LogP contribution in [0.2, 0.25) is 0 Å². The Hall–Kier alpha value is -3.93. The Labute approximate surface area is 265 Å². The summed E-state index contributed by atoms with van der Waals surface area (Å²) in [5, 5.41) is 5.12. The molecule has 0 amide bonds. The van der Waals surface area contributed by atoms with Gasteiger partial charge in [0.1, 0.15) is 5.75 Å². The molecule has 0 bridgehead atoms. The second kappa shape index (κ2) is 14.0. The van der Waals surface area contributed by atoms with Crippen LogP contribution in [0.1, 0.15) is 57.2 Å². The summed E-state index contributed by atoms with van der Waals surface area (Å²) in [6.45, 7) is 12.0. The zero-order valence-electron chi connectivity index (χ0n) is 25.4. The minimum Gasteiger partial charge on any atom is -0.496 e. The Morgan fingerprint density at radius 3 is 2.49 bits per heavy atom. The second-order valence-corrected chi connectivity index (χ2v) is 11.3. The van der Waals surface area contributed by atoms with Crippen LogP contribution >= 0.6 is 22.6 Å². The third-order valence-corrected chi connectivity index (χ3v) is 7.56. The van der Waals surface area contributed by atoms with Gasteiger partial charge in [-0.05, 0) is 109 Å². The highest BCUT2D eigenvalue weighted by Gasteiger charge is 2.22. The molecule has 1 aromatic heterocycles. The summed E-state index contributed by atoms with van der Waals surface area (Å²) in [6.07, 6.45) is 0.771. The lowest BCUT2D eigenvalue weighted by Gasteiger charge is -2.18. The second-order valence-electron chi connectivity index (χ2n) is 10.2. The van der Waals surface area contributed by atoms with Crippen LogP contribution in [0.5, 0.6) is 17.2 Å². The van der Waals surface area contributed by atoms with Gasteiger partial charge < -0.3 is 18.9 Å². The van der Waals surface area contributed by atoms with Crippen molar-refractivity contribution in [2.45, 2.75) is 53.6 Å². The van der Waals surface area contributed by atoms with Crippen molar-refractivity contribution in [1.29, 1.82) is 0 Å². The first kappa shape index (κ1) is 32.0. The van der Waals surface area contributed by atoms with E-state index in [4.69, 9.17) is 23.9 Å². The lowest BCUT2D eigenvalue weighted by atomic mass is 9.96. The molecule has 0 fully saturated rings. The van der Waals surface area contributed by atoms with E-state index in [1.165, 1.54) is 4.68 Å². The molecule has 10 heteroatoms. The fourth-order valence-electron chi connectivity index (χ4n) is 4.62. The van der Waals surface area contributed by atoms with E-state index in [1.54, 1.807) is 45.4 Å². The zero-order chi connectivity index (χ0) is 31.3. The maximum Gasteiger partial charge on any atom is 0.347 e. The molecule has 4 rings (SSSR count). The minimum absolute atomic E-state index is 0.185. The highest BCUT2D eigenvalue weighted by atomic mass is 127. The molecule has 226 valence electrons. The van der Waals surface area contributed by atoms with Gasteiger partial charge in [-0.1, -0.05) is 26.0 Å². The average Bonchev–Trinajstić information content (AvgIpc) is 2.98. The number of esters is 1. The molecule has 0 N–H and O–H groups in total. The van der Waals surface area contributed by atoms with Gasteiger partial charge in [0.15, 0.2) is 23.4 Å². The van der Waals surface area contributed by atoms with Crippen molar-refractivity contribution < 1.29 is 23.7 Å². The molecule has 3 aromatic carbocycles. The van der Waals surface area contributed by atoms with Crippen LogP contribution in [0.4, 0.5) is 0 Å². The Morgan fingerprint density at radius 2 is 1.81 bits per heavy atom. The van der Waals surface area contributed by atoms with Crippen molar-refractivity contribution in [3.8, 4) is 28.6 Å². The highest BCUT2D eigenvalue weighted by Crippen LogP contribution is 2.36. The Balaban J connectivity index is 1.86. The van der Waals surface area contributed by atoms with E-state index in [0.717, 1.165) is 22.4 Å². The summed E-state index contributed by atoms with van der Waals surface area (Å²) >= 11 is 2.13. The first-order valence-electron chi connectivity index (χ1n) is 14.1. The van der Waals surface area contributed by atoms with Gasteiger partial charge in [-0.2, -0.15) is 9.78 Å². The van der Waals surface area contributed by atoms with Crippen LogP contribution in [-0.2, 0) is 9.53 Å². The van der Waals surface area contributed by atoms with Crippen LogP contribution in [0.15, 0.2) is 58.4 Å². The number of nitrogens with zero attached hydrogens (tertiary/aromatic N) is 3. The van der Waals surface area contributed by atoms with E-state index in [1.807, 2.05) is 44.2 Å². The van der Waals surface area contributed by atoms with E-state index in [-0.39, 0.29) is 18.1 Å². The van der Waals surface area contributed by atoms with E-state index >= 15 is 0 Å². The first-order chi connectivity index (χ1) is 20.6. The smallest absolute Gasteiger partial charge is 0.347 e. The molecular formula is C33H36IN3O6. The van der Waals surface area contributed by atoms with Crippen molar-refractivity contribution in [3.05, 3.63) is 79.1 Å². The minimum atomic E-state index is -0.819. The molecule has 0 unspecified atom stereocenters. The van der Waals surface area contributed by atoms with Gasteiger partial charge in [0.25, 0.3) is 5.56 Å². The fraction of sp³-hybridized carbons (Fsp3) is 0.333. The highest BCUT2D eigenvalue weighted by molar-refractivity contribution is 14.1. The topological polar surface area (TPSA) is 101 Å². The Morgan fingerprint density at radius 1 is 1.07 bits per heavy atom. The zero-order valence-corrected chi connectivity index (χ0v) is 27.6. The lowest BCUT2D eigenvalue weighted by molar-refractivity contribution is -0.150. The Kier molecular flexibility index (Phi) is 10.4. The van der Waals surface area contributed by atoms with Crippen molar-refractivity contribution in [2.75, 3.05) is 20.3 Å². The van der Waals surface area contributed by atoms with Crippen molar-refractivity contribution >= 4 is 45.7 Å². The quantitative estimate of drug-likeness (QED) is 0.0975. The predicted octanol–water partition coefficient (Wildman–Crippen LogP) is 6.72. The molecule has 0 aliphatic rings. The summed E-state index contributed by atoms with van der Waals surface area (Å²) in [7, 11) is 1.65. The van der Waals surface area contributed by atoms with Crippen molar-refractivity contribution in [1.82, 2.24) is 9.66 Å². The molecule has 0 saturated carbocycles. The number of aryl methyl sites for hydroxylation is 1. The van der Waals surface area contributed by atoms with Gasteiger partial charge in [0, 0.05) is 5.56 Å². The van der Waals surface area contributed by atoms with Gasteiger partial charge in [-0.15, -0.1) is 0 Å². The first-order valence-corrected chi connectivity index (χ1v) is 15.2. The average molecular weight is 698 g/mol. The lowest BCUT2D eigenvalue weighted by Crippen LogP contribution is -2.26. The third-order valence-electron chi connectivity index (χ3n) is 6.76. The number of fused-ring (bicyclic) bond motifs is 1. The molecule has 1 heterocycles. The maximum absolute atomic E-state index is 13.8. The van der Waals surface area contributed by atoms with Crippen LogP contribution in [0.3, 0.4) is 0 Å². The molecule has 9 nitrogen and oxygen atoms in total. The van der Waals surface area contributed by atoms with E-state index in [0.29, 0.717) is 44.0 Å². The van der Waals surface area contributed by atoms with Gasteiger partial charge in [-0.25, -0.2) is 9.78 Å². The molecule has 0 aliphatic heterocycles. The number of ether oxygens (including phenoxy) is 4. The number of para-hydroxylation sites is 1. The van der Waals surface area contributed by atoms with Crippen LogP contribution in [0.25, 0.3) is 22.3 Å². The number of halogens is 1. The monoisotopic (exact) mass is 697 g/mol. The van der Waals surface area contributed by atoms with E-state index in [9.17, 15) is 9.59 Å². The predicted molar refractivity (Wildman–Crippen MR) is 177 cm³/mol. The summed E-state index contributed by atoms with van der Waals surface area (Å²) in [5.74, 6) is 1.81. The maximum atomic E-state index is 13.8. The normalized spacial score (nSPS) is 12.1. The number of rotatable bonds is 11. The number of hydrogen-bond donors (Lipinski definition) is 0. The van der Waals surface area contributed by atoms with Crippen LogP contribution in [-0.4, -0.2) is 48.3 Å². The van der Waals surface area contributed by atoms with Gasteiger partial charge in [-0.3, -0.25) is 4.79 Å². The number of methoxy groups -OCH3 is 1. The number of carbonyl (C=O) groups is 1. The number of aromatic nitrogens is 2. The third kappa shape index (κ3) is 7.01. The molecule has 0 aliphatic carbocycles. The van der Waals surface area contributed by atoms with Gasteiger partial charge in [0.2, 0.25) is 0 Å². The van der Waals surface area contributed by atoms with Gasteiger partial charge in [0.05, 0.1) is 41.0 Å². The van der Waals surface area contributed by atoms with Crippen molar-refractivity contribution in [2.24, 2.45) is 5.10 Å². The molecule has 0 radical (unpaired) electrons. The van der Waals surface area contributed by atoms with Crippen LogP contribution < -0.4 is 19.8 Å². The van der Waals surface area contributed by atoms with Crippen LogP contribution in [0, 0.1) is 10.5 Å².